The molecule has 0 saturated heterocycles. The second-order valence-corrected chi connectivity index (χ2v) is 4.92. The minimum atomic E-state index is -0.712. The van der Waals surface area contributed by atoms with Crippen molar-refractivity contribution in [3.05, 3.63) is 34.4 Å². The third-order valence-corrected chi connectivity index (χ3v) is 2.80. The smallest absolute Gasteiger partial charge is 0.345 e. The average Bonchev–Trinajstić information content (AvgIpc) is 2.35. The molecule has 0 aliphatic carbocycles. The minimum absolute atomic E-state index is 0.152. The first kappa shape index (κ1) is 16.7. The molecule has 0 fully saturated rings. The number of rotatable bonds is 5. The second kappa shape index (κ2) is 8.03. The highest BCUT2D eigenvalue weighted by molar-refractivity contribution is 7.27. The molecule has 4 nitrogen and oxygen atoms in total. The molecule has 0 spiro atoms. The van der Waals surface area contributed by atoms with Gasteiger partial charge in [-0.1, -0.05) is 11.6 Å². The lowest BCUT2D eigenvalue weighted by Gasteiger charge is -2.07. The third-order valence-electron chi connectivity index (χ3n) is 2.24. The van der Waals surface area contributed by atoms with Crippen molar-refractivity contribution in [1.29, 1.82) is 0 Å². The van der Waals surface area contributed by atoms with Crippen molar-refractivity contribution in [3.63, 3.8) is 0 Å². The number of hydrogen-bond donors (Lipinski definition) is 0. The molecule has 1 atom stereocenters. The van der Waals surface area contributed by atoms with Gasteiger partial charge in [0.15, 0.2) is 0 Å². The average molecular weight is 315 g/mol. The number of carbonyl (C=O) groups excluding carboxylic acids is 2. The van der Waals surface area contributed by atoms with Crippen molar-refractivity contribution >= 4 is 44.2 Å². The van der Waals surface area contributed by atoms with Gasteiger partial charge in [0, 0.05) is 5.02 Å². The summed E-state index contributed by atoms with van der Waals surface area (Å²) in [6.07, 6.45) is 1.41. The molecule has 0 aliphatic rings. The lowest BCUT2D eigenvalue weighted by atomic mass is 10.1. The van der Waals surface area contributed by atoms with E-state index >= 15 is 0 Å². The van der Waals surface area contributed by atoms with Gasteiger partial charge in [0.05, 0.1) is 13.2 Å². The monoisotopic (exact) mass is 314 g/mol. The molecular formula is C14H16ClO4P. The van der Waals surface area contributed by atoms with Gasteiger partial charge in [0.1, 0.15) is 5.57 Å². The summed E-state index contributed by atoms with van der Waals surface area (Å²) in [4.78, 5) is 23.6. The fraction of sp³-hybridized carbons (Fsp3) is 0.286. The predicted molar refractivity (Wildman–Crippen MR) is 82.0 cm³/mol. The van der Waals surface area contributed by atoms with Gasteiger partial charge in [-0.05, 0) is 49.0 Å². The summed E-state index contributed by atoms with van der Waals surface area (Å²) < 4.78 is 9.72. The van der Waals surface area contributed by atoms with E-state index in [4.69, 9.17) is 21.1 Å². The molecular weight excluding hydrogens is 299 g/mol. The van der Waals surface area contributed by atoms with Crippen LogP contribution in [0.25, 0.3) is 6.08 Å². The van der Waals surface area contributed by atoms with Crippen LogP contribution in [0.2, 0.25) is 5.02 Å². The standard InChI is InChI=1S/C14H16ClO4P/c1-3-18-13(16)12(14(17)19-4-2)7-9-5-10(15)8-11(20)6-9/h5-8H,3-4,20H2,1-2H3. The van der Waals surface area contributed by atoms with E-state index in [1.165, 1.54) is 6.08 Å². The van der Waals surface area contributed by atoms with E-state index in [9.17, 15) is 9.59 Å². The van der Waals surface area contributed by atoms with Gasteiger partial charge < -0.3 is 9.47 Å². The topological polar surface area (TPSA) is 52.6 Å². The van der Waals surface area contributed by atoms with Crippen LogP contribution in [0, 0.1) is 0 Å². The fourth-order valence-electron chi connectivity index (χ4n) is 1.50. The van der Waals surface area contributed by atoms with Crippen LogP contribution in [0.15, 0.2) is 23.8 Å². The summed E-state index contributed by atoms with van der Waals surface area (Å²) in [6.45, 7) is 3.70. The Labute approximate surface area is 125 Å². The van der Waals surface area contributed by atoms with Gasteiger partial charge in [0.25, 0.3) is 0 Å². The van der Waals surface area contributed by atoms with E-state index in [0.29, 0.717) is 10.6 Å². The first-order valence-electron chi connectivity index (χ1n) is 6.10. The Morgan fingerprint density at radius 2 is 1.70 bits per heavy atom. The molecule has 0 heterocycles. The minimum Gasteiger partial charge on any atom is -0.462 e. The summed E-state index contributed by atoms with van der Waals surface area (Å²) in [5.41, 5.74) is 0.471. The van der Waals surface area contributed by atoms with Gasteiger partial charge in [-0.2, -0.15) is 0 Å². The molecule has 0 bridgehead atoms. The molecule has 1 aromatic rings. The summed E-state index contributed by atoms with van der Waals surface area (Å²) in [5, 5.41) is 1.35. The van der Waals surface area contributed by atoms with Crippen LogP contribution >= 0.6 is 20.8 Å². The van der Waals surface area contributed by atoms with Crippen LogP contribution in [-0.4, -0.2) is 25.2 Å². The maximum Gasteiger partial charge on any atom is 0.345 e. The number of halogens is 1. The lowest BCUT2D eigenvalue weighted by Crippen LogP contribution is -2.18. The van der Waals surface area contributed by atoms with E-state index in [0.717, 1.165) is 5.30 Å². The van der Waals surface area contributed by atoms with E-state index in [-0.39, 0.29) is 18.8 Å². The summed E-state index contributed by atoms with van der Waals surface area (Å²) in [5.74, 6) is -1.42. The number of carbonyl (C=O) groups is 2. The van der Waals surface area contributed by atoms with Crippen LogP contribution in [0.4, 0.5) is 0 Å². The van der Waals surface area contributed by atoms with Crippen molar-refractivity contribution in [2.45, 2.75) is 13.8 Å². The Balaban J connectivity index is 3.17. The molecule has 0 saturated carbocycles. The lowest BCUT2D eigenvalue weighted by molar-refractivity contribution is -0.146. The molecule has 0 N–H and O–H groups in total. The maximum absolute atomic E-state index is 11.8. The number of hydrogen-bond acceptors (Lipinski definition) is 4. The fourth-order valence-corrected chi connectivity index (χ4v) is 2.23. The van der Waals surface area contributed by atoms with Crippen molar-refractivity contribution in [1.82, 2.24) is 0 Å². The van der Waals surface area contributed by atoms with Crippen molar-refractivity contribution < 1.29 is 19.1 Å². The Morgan fingerprint density at radius 1 is 1.15 bits per heavy atom. The van der Waals surface area contributed by atoms with Gasteiger partial charge in [-0.15, -0.1) is 9.24 Å². The predicted octanol–water partition coefficient (Wildman–Crippen LogP) is 2.35. The van der Waals surface area contributed by atoms with Crippen LogP contribution < -0.4 is 5.30 Å². The van der Waals surface area contributed by atoms with E-state index in [2.05, 4.69) is 9.24 Å². The zero-order valence-electron chi connectivity index (χ0n) is 11.3. The normalized spacial score (nSPS) is 9.80. The van der Waals surface area contributed by atoms with Crippen LogP contribution in [-0.2, 0) is 19.1 Å². The van der Waals surface area contributed by atoms with Crippen LogP contribution in [0.5, 0.6) is 0 Å². The Morgan fingerprint density at radius 3 is 2.15 bits per heavy atom. The molecule has 1 rings (SSSR count). The van der Waals surface area contributed by atoms with E-state index in [1.807, 2.05) is 0 Å². The molecule has 20 heavy (non-hydrogen) atoms. The number of ether oxygens (including phenoxy) is 2. The zero-order valence-corrected chi connectivity index (χ0v) is 13.2. The third kappa shape index (κ3) is 4.95. The number of benzene rings is 1. The molecule has 0 aromatic heterocycles. The van der Waals surface area contributed by atoms with Gasteiger partial charge in [-0.3, -0.25) is 0 Å². The highest BCUT2D eigenvalue weighted by Crippen LogP contribution is 2.15. The molecule has 1 unspecified atom stereocenters. The SMILES string of the molecule is CCOC(=O)C(=Cc1cc(P)cc(Cl)c1)C(=O)OCC. The van der Waals surface area contributed by atoms with Crippen molar-refractivity contribution in [2.24, 2.45) is 0 Å². The molecule has 0 radical (unpaired) electrons. The van der Waals surface area contributed by atoms with Crippen LogP contribution in [0.3, 0.4) is 0 Å². The first-order valence-corrected chi connectivity index (χ1v) is 7.05. The second-order valence-electron chi connectivity index (χ2n) is 3.82. The van der Waals surface area contributed by atoms with Crippen molar-refractivity contribution in [3.8, 4) is 0 Å². The van der Waals surface area contributed by atoms with Gasteiger partial charge in [-0.25, -0.2) is 9.59 Å². The maximum atomic E-state index is 11.8. The van der Waals surface area contributed by atoms with Gasteiger partial charge >= 0.3 is 11.9 Å². The highest BCUT2D eigenvalue weighted by atomic mass is 35.5. The highest BCUT2D eigenvalue weighted by Gasteiger charge is 2.20. The van der Waals surface area contributed by atoms with E-state index < -0.39 is 11.9 Å². The van der Waals surface area contributed by atoms with Crippen molar-refractivity contribution in [2.75, 3.05) is 13.2 Å². The molecule has 1 aromatic carbocycles. The summed E-state index contributed by atoms with van der Waals surface area (Å²) in [6, 6.07) is 5.17. The first-order chi connectivity index (χ1) is 9.47. The molecule has 108 valence electrons. The molecule has 0 aliphatic heterocycles. The Bertz CT molecular complexity index is 500. The Kier molecular flexibility index (Phi) is 6.69. The van der Waals surface area contributed by atoms with Gasteiger partial charge in [0.2, 0.25) is 0 Å². The van der Waals surface area contributed by atoms with E-state index in [1.54, 1.807) is 32.0 Å². The molecule has 0 amide bonds. The largest absolute Gasteiger partial charge is 0.462 e. The number of esters is 2. The quantitative estimate of drug-likeness (QED) is 0.275. The summed E-state index contributed by atoms with van der Waals surface area (Å²) in [7, 11) is 2.50. The molecule has 6 heteroatoms. The summed E-state index contributed by atoms with van der Waals surface area (Å²) >= 11 is 5.94. The van der Waals surface area contributed by atoms with Crippen LogP contribution in [0.1, 0.15) is 19.4 Å². The Hall–Kier alpha value is -1.38. The zero-order chi connectivity index (χ0) is 15.1.